The van der Waals surface area contributed by atoms with Crippen molar-refractivity contribution in [2.45, 2.75) is 38.0 Å². The van der Waals surface area contributed by atoms with E-state index in [0.717, 1.165) is 5.56 Å². The lowest BCUT2D eigenvalue weighted by Crippen LogP contribution is -2.51. The van der Waals surface area contributed by atoms with E-state index >= 15 is 0 Å². The largest absolute Gasteiger partial charge is 0.467 e. The lowest BCUT2D eigenvalue weighted by molar-refractivity contribution is -0.145. The molecule has 0 aromatic heterocycles. The number of likely N-dealkylation sites (tertiary alicyclic amines) is 1. The minimum absolute atomic E-state index is 0.0708. The molecule has 1 heterocycles. The van der Waals surface area contributed by atoms with Gasteiger partial charge in [-0.3, -0.25) is 9.69 Å². The molecule has 0 unspecified atom stereocenters. The van der Waals surface area contributed by atoms with Crippen molar-refractivity contribution in [1.82, 2.24) is 10.2 Å². The van der Waals surface area contributed by atoms with E-state index in [9.17, 15) is 18.8 Å². The van der Waals surface area contributed by atoms with E-state index in [0.29, 0.717) is 24.9 Å². The zero-order valence-electron chi connectivity index (χ0n) is 17.3. The molecule has 8 heteroatoms. The summed E-state index contributed by atoms with van der Waals surface area (Å²) in [7, 11) is 1.22. The van der Waals surface area contributed by atoms with Gasteiger partial charge in [0.05, 0.1) is 7.11 Å². The summed E-state index contributed by atoms with van der Waals surface area (Å²) >= 11 is 0. The van der Waals surface area contributed by atoms with Crippen molar-refractivity contribution in [1.29, 1.82) is 0 Å². The smallest absolute Gasteiger partial charge is 0.410 e. The van der Waals surface area contributed by atoms with E-state index in [1.807, 2.05) is 30.3 Å². The van der Waals surface area contributed by atoms with E-state index in [-0.39, 0.29) is 13.0 Å². The fourth-order valence-corrected chi connectivity index (χ4v) is 3.56. The number of methoxy groups -OCH3 is 1. The first kappa shape index (κ1) is 22.3. The number of esters is 1. The van der Waals surface area contributed by atoms with Crippen molar-refractivity contribution in [3.8, 4) is 0 Å². The van der Waals surface area contributed by atoms with Gasteiger partial charge in [0.15, 0.2) is 0 Å². The molecule has 1 N–H and O–H groups in total. The molecule has 0 bridgehead atoms. The Hall–Kier alpha value is -3.42. The summed E-state index contributed by atoms with van der Waals surface area (Å²) in [5.41, 5.74) is 1.39. The number of carbonyl (C=O) groups excluding carboxylic acids is 3. The topological polar surface area (TPSA) is 84.9 Å². The molecule has 1 fully saturated rings. The fourth-order valence-electron chi connectivity index (χ4n) is 3.56. The van der Waals surface area contributed by atoms with Crippen LogP contribution < -0.4 is 5.32 Å². The molecular weight excluding hydrogens is 403 g/mol. The number of rotatable bonds is 7. The second-order valence-electron chi connectivity index (χ2n) is 7.31. The van der Waals surface area contributed by atoms with Crippen LogP contribution in [-0.2, 0) is 32.1 Å². The number of hydrogen-bond donors (Lipinski definition) is 1. The quantitative estimate of drug-likeness (QED) is 0.686. The van der Waals surface area contributed by atoms with Crippen molar-refractivity contribution >= 4 is 18.0 Å². The minimum atomic E-state index is -0.998. The molecule has 3 rings (SSSR count). The zero-order valence-corrected chi connectivity index (χ0v) is 17.3. The molecule has 0 spiro atoms. The van der Waals surface area contributed by atoms with Gasteiger partial charge in [0.2, 0.25) is 5.91 Å². The first-order chi connectivity index (χ1) is 15.0. The van der Waals surface area contributed by atoms with Gasteiger partial charge in [-0.25, -0.2) is 14.0 Å². The Morgan fingerprint density at radius 2 is 1.87 bits per heavy atom. The highest BCUT2D eigenvalue weighted by atomic mass is 19.1. The summed E-state index contributed by atoms with van der Waals surface area (Å²) < 4.78 is 23.6. The highest BCUT2D eigenvalue weighted by molar-refractivity contribution is 5.90. The van der Waals surface area contributed by atoms with Crippen LogP contribution in [0.1, 0.15) is 24.0 Å². The Balaban J connectivity index is 1.63. The number of nitrogens with one attached hydrogen (secondary N) is 1. The van der Waals surface area contributed by atoms with Crippen molar-refractivity contribution < 1.29 is 28.2 Å². The molecule has 1 aliphatic rings. The van der Waals surface area contributed by atoms with E-state index in [2.05, 4.69) is 5.32 Å². The van der Waals surface area contributed by atoms with Crippen LogP contribution >= 0.6 is 0 Å². The first-order valence-corrected chi connectivity index (χ1v) is 10.1. The molecule has 0 aliphatic carbocycles. The van der Waals surface area contributed by atoms with Crippen molar-refractivity contribution in [2.24, 2.45) is 0 Å². The summed E-state index contributed by atoms with van der Waals surface area (Å²) in [6.45, 7) is 0.493. The molecule has 1 aliphatic heterocycles. The predicted molar refractivity (Wildman–Crippen MR) is 110 cm³/mol. The summed E-state index contributed by atoms with van der Waals surface area (Å²) in [6, 6.07) is 13.3. The maximum absolute atomic E-state index is 13.5. The minimum Gasteiger partial charge on any atom is -0.467 e. The highest BCUT2D eigenvalue weighted by Gasteiger charge is 2.37. The van der Waals surface area contributed by atoms with Gasteiger partial charge in [-0.1, -0.05) is 42.5 Å². The third-order valence-electron chi connectivity index (χ3n) is 5.13. The van der Waals surface area contributed by atoms with E-state index in [1.165, 1.54) is 30.2 Å². The summed E-state index contributed by atoms with van der Waals surface area (Å²) in [5.74, 6) is -1.55. The molecule has 2 aromatic carbocycles. The number of benzene rings is 2. The van der Waals surface area contributed by atoms with Crippen LogP contribution in [-0.4, -0.2) is 48.6 Å². The number of carbonyl (C=O) groups is 3. The van der Waals surface area contributed by atoms with Crippen molar-refractivity contribution in [2.75, 3.05) is 13.7 Å². The van der Waals surface area contributed by atoms with Gasteiger partial charge < -0.3 is 14.8 Å². The molecule has 2 amide bonds. The zero-order chi connectivity index (χ0) is 22.2. The number of hydrogen-bond acceptors (Lipinski definition) is 5. The van der Waals surface area contributed by atoms with Gasteiger partial charge in [-0.2, -0.15) is 0 Å². The first-order valence-electron chi connectivity index (χ1n) is 10.1. The molecule has 164 valence electrons. The standard InChI is InChI=1S/C23H25FN2O5/c1-30-22(28)19(14-17-9-5-10-18(24)13-17)25-21(27)20-11-6-12-26(20)23(29)31-15-16-7-3-2-4-8-16/h2-5,7-10,13,19-20H,6,11-12,14-15H2,1H3,(H,25,27)/t19-,20-/m1/s1. The van der Waals surface area contributed by atoms with Gasteiger partial charge in [0.1, 0.15) is 24.5 Å². The monoisotopic (exact) mass is 428 g/mol. The van der Waals surface area contributed by atoms with Crippen LogP contribution in [0.2, 0.25) is 0 Å². The number of nitrogens with zero attached hydrogens (tertiary/aromatic N) is 1. The van der Waals surface area contributed by atoms with Crippen molar-refractivity contribution in [3.63, 3.8) is 0 Å². The highest BCUT2D eigenvalue weighted by Crippen LogP contribution is 2.20. The van der Waals surface area contributed by atoms with Gasteiger partial charge in [0, 0.05) is 13.0 Å². The summed E-state index contributed by atoms with van der Waals surface area (Å²) in [6.07, 6.45) is 0.591. The maximum atomic E-state index is 13.5. The lowest BCUT2D eigenvalue weighted by Gasteiger charge is -2.25. The molecule has 7 nitrogen and oxygen atoms in total. The normalized spacial score (nSPS) is 16.5. The van der Waals surface area contributed by atoms with Crippen LogP contribution in [0.3, 0.4) is 0 Å². The van der Waals surface area contributed by atoms with Gasteiger partial charge in [-0.15, -0.1) is 0 Å². The van der Waals surface area contributed by atoms with E-state index in [1.54, 1.807) is 6.07 Å². The SMILES string of the molecule is COC(=O)[C@@H](Cc1cccc(F)c1)NC(=O)[C@H]1CCCN1C(=O)OCc1ccccc1. The van der Waals surface area contributed by atoms with Crippen LogP contribution in [0.4, 0.5) is 9.18 Å². The lowest BCUT2D eigenvalue weighted by atomic mass is 10.0. The van der Waals surface area contributed by atoms with E-state index < -0.39 is 35.9 Å². The second kappa shape index (κ2) is 10.6. The third kappa shape index (κ3) is 6.04. The number of halogens is 1. The van der Waals surface area contributed by atoms with Crippen LogP contribution in [0.15, 0.2) is 54.6 Å². The van der Waals surface area contributed by atoms with Crippen LogP contribution in [0.5, 0.6) is 0 Å². The Morgan fingerprint density at radius 3 is 2.58 bits per heavy atom. The second-order valence-corrected chi connectivity index (χ2v) is 7.31. The molecule has 31 heavy (non-hydrogen) atoms. The molecule has 2 atom stereocenters. The molecule has 2 aromatic rings. The van der Waals surface area contributed by atoms with E-state index in [4.69, 9.17) is 9.47 Å². The molecular formula is C23H25FN2O5. The Morgan fingerprint density at radius 1 is 1.13 bits per heavy atom. The Labute approximate surface area is 180 Å². The Kier molecular flexibility index (Phi) is 7.59. The van der Waals surface area contributed by atoms with Gasteiger partial charge in [0.25, 0.3) is 0 Å². The maximum Gasteiger partial charge on any atom is 0.410 e. The molecule has 1 saturated heterocycles. The predicted octanol–water partition coefficient (Wildman–Crippen LogP) is 2.83. The average molecular weight is 428 g/mol. The van der Waals surface area contributed by atoms with Gasteiger partial charge in [-0.05, 0) is 36.1 Å². The van der Waals surface area contributed by atoms with Gasteiger partial charge >= 0.3 is 12.1 Å². The third-order valence-corrected chi connectivity index (χ3v) is 5.13. The number of amides is 2. The molecule has 0 radical (unpaired) electrons. The fraction of sp³-hybridized carbons (Fsp3) is 0.348. The number of ether oxygens (including phenoxy) is 2. The van der Waals surface area contributed by atoms with Crippen LogP contribution in [0.25, 0.3) is 0 Å². The summed E-state index contributed by atoms with van der Waals surface area (Å²) in [4.78, 5) is 39.0. The van der Waals surface area contributed by atoms with Crippen LogP contribution in [0, 0.1) is 5.82 Å². The average Bonchev–Trinajstić information content (AvgIpc) is 3.27. The molecule has 0 saturated carbocycles. The van der Waals surface area contributed by atoms with Crippen molar-refractivity contribution in [3.05, 3.63) is 71.5 Å². The summed E-state index contributed by atoms with van der Waals surface area (Å²) in [5, 5.41) is 2.65. The Bertz CT molecular complexity index is 921.